The molecule has 132 valence electrons. The van der Waals surface area contributed by atoms with Gasteiger partial charge in [-0.2, -0.15) is 13.5 Å². The highest BCUT2D eigenvalue weighted by molar-refractivity contribution is 7.89. The quantitative estimate of drug-likeness (QED) is 0.660. The molecule has 1 fully saturated rings. The topological polar surface area (TPSA) is 61.8 Å². The number of rotatable bonds is 5. The minimum absolute atomic E-state index is 0.205. The fourth-order valence-corrected chi connectivity index (χ4v) is 3.70. The molecule has 2 aromatic carbocycles. The minimum atomic E-state index is -3.64. The zero-order valence-electron chi connectivity index (χ0n) is 14.6. The van der Waals surface area contributed by atoms with E-state index in [2.05, 4.69) is 27.0 Å². The molecule has 25 heavy (non-hydrogen) atoms. The van der Waals surface area contributed by atoms with Gasteiger partial charge >= 0.3 is 0 Å². The smallest absolute Gasteiger partial charge is 0.276 e. The van der Waals surface area contributed by atoms with E-state index in [-0.39, 0.29) is 4.90 Å². The van der Waals surface area contributed by atoms with Crippen LogP contribution in [0.2, 0.25) is 0 Å². The van der Waals surface area contributed by atoms with Gasteiger partial charge in [-0.3, -0.25) is 0 Å². The summed E-state index contributed by atoms with van der Waals surface area (Å²) in [5.74, 6) is 0. The standard InChI is InChI=1S/C19H23N3O2S/c1-15-5-9-19(10-6-15)25(23,24)21-20-14-17-7-8-18(13-16(17)2)22-11-3-4-12-22/h5-10,13-14,21H,3-4,11-12H2,1-2H3/b20-14+. The summed E-state index contributed by atoms with van der Waals surface area (Å²) >= 11 is 0. The molecule has 0 saturated carbocycles. The summed E-state index contributed by atoms with van der Waals surface area (Å²) in [6.45, 7) is 6.12. The second kappa shape index (κ2) is 7.27. The van der Waals surface area contributed by atoms with Gasteiger partial charge in [-0.25, -0.2) is 4.83 Å². The molecule has 0 radical (unpaired) electrons. The van der Waals surface area contributed by atoms with E-state index in [1.54, 1.807) is 30.5 Å². The zero-order valence-corrected chi connectivity index (χ0v) is 15.4. The van der Waals surface area contributed by atoms with Crippen LogP contribution in [-0.4, -0.2) is 27.7 Å². The molecule has 0 bridgehead atoms. The highest BCUT2D eigenvalue weighted by Gasteiger charge is 2.13. The lowest BCUT2D eigenvalue weighted by Crippen LogP contribution is -2.18. The van der Waals surface area contributed by atoms with E-state index >= 15 is 0 Å². The summed E-state index contributed by atoms with van der Waals surface area (Å²) in [4.78, 5) is 4.85. The van der Waals surface area contributed by atoms with Crippen LogP contribution in [0.15, 0.2) is 52.5 Å². The summed E-state index contributed by atoms with van der Waals surface area (Å²) in [5, 5.41) is 3.92. The Labute approximate surface area is 149 Å². The van der Waals surface area contributed by atoms with Crippen molar-refractivity contribution in [3.8, 4) is 0 Å². The van der Waals surface area contributed by atoms with Crippen molar-refractivity contribution in [3.63, 3.8) is 0 Å². The van der Waals surface area contributed by atoms with Crippen molar-refractivity contribution in [2.75, 3.05) is 18.0 Å². The number of nitrogens with zero attached hydrogens (tertiary/aromatic N) is 2. The van der Waals surface area contributed by atoms with Gasteiger partial charge in [-0.05, 0) is 62.1 Å². The normalized spacial score (nSPS) is 15.0. The number of hydrazone groups is 1. The van der Waals surface area contributed by atoms with E-state index in [1.807, 2.05) is 19.9 Å². The fourth-order valence-electron chi connectivity index (χ4n) is 2.91. The van der Waals surface area contributed by atoms with Crippen LogP contribution < -0.4 is 9.73 Å². The third kappa shape index (κ3) is 4.20. The Kier molecular flexibility index (Phi) is 5.08. The first kappa shape index (κ1) is 17.5. The molecule has 1 N–H and O–H groups in total. The lowest BCUT2D eigenvalue weighted by Gasteiger charge is -2.18. The predicted octanol–water partition coefficient (Wildman–Crippen LogP) is 3.22. The first-order valence-corrected chi connectivity index (χ1v) is 9.91. The van der Waals surface area contributed by atoms with Crippen LogP contribution in [0.4, 0.5) is 5.69 Å². The maximum atomic E-state index is 12.2. The number of anilines is 1. The van der Waals surface area contributed by atoms with Gasteiger partial charge in [0.05, 0.1) is 11.1 Å². The highest BCUT2D eigenvalue weighted by atomic mass is 32.2. The summed E-state index contributed by atoms with van der Waals surface area (Å²) < 4.78 is 24.4. The van der Waals surface area contributed by atoms with Crippen molar-refractivity contribution in [3.05, 3.63) is 59.2 Å². The van der Waals surface area contributed by atoms with Gasteiger partial charge in [0.2, 0.25) is 0 Å². The van der Waals surface area contributed by atoms with Gasteiger partial charge in [0.1, 0.15) is 0 Å². The average Bonchev–Trinajstić information content (AvgIpc) is 3.11. The third-order valence-electron chi connectivity index (χ3n) is 4.43. The van der Waals surface area contributed by atoms with Crippen molar-refractivity contribution in [2.24, 2.45) is 5.10 Å². The van der Waals surface area contributed by atoms with Crippen LogP contribution in [0, 0.1) is 13.8 Å². The molecule has 5 nitrogen and oxygen atoms in total. The van der Waals surface area contributed by atoms with E-state index in [4.69, 9.17) is 0 Å². The molecular formula is C19H23N3O2S. The Hall–Kier alpha value is -2.34. The number of hydrogen-bond acceptors (Lipinski definition) is 4. The summed E-state index contributed by atoms with van der Waals surface area (Å²) in [6.07, 6.45) is 4.03. The average molecular weight is 357 g/mol. The monoisotopic (exact) mass is 357 g/mol. The van der Waals surface area contributed by atoms with E-state index < -0.39 is 10.0 Å². The first-order chi connectivity index (χ1) is 12.0. The maximum absolute atomic E-state index is 12.2. The lowest BCUT2D eigenvalue weighted by molar-refractivity contribution is 0.584. The molecule has 1 aliphatic heterocycles. The van der Waals surface area contributed by atoms with Gasteiger partial charge in [0.25, 0.3) is 10.0 Å². The van der Waals surface area contributed by atoms with Gasteiger partial charge in [0, 0.05) is 18.8 Å². The van der Waals surface area contributed by atoms with Crippen molar-refractivity contribution < 1.29 is 8.42 Å². The largest absolute Gasteiger partial charge is 0.372 e. The number of aryl methyl sites for hydroxylation is 2. The van der Waals surface area contributed by atoms with Crippen molar-refractivity contribution >= 4 is 21.9 Å². The Morgan fingerprint density at radius 3 is 2.36 bits per heavy atom. The van der Waals surface area contributed by atoms with Crippen LogP contribution in [0.1, 0.15) is 29.5 Å². The fraction of sp³-hybridized carbons (Fsp3) is 0.316. The molecule has 0 aliphatic carbocycles. The number of sulfonamides is 1. The molecule has 1 heterocycles. The van der Waals surface area contributed by atoms with E-state index in [0.29, 0.717) is 0 Å². The number of hydrogen-bond donors (Lipinski definition) is 1. The van der Waals surface area contributed by atoms with Gasteiger partial charge < -0.3 is 4.90 Å². The van der Waals surface area contributed by atoms with E-state index in [0.717, 1.165) is 29.8 Å². The second-order valence-electron chi connectivity index (χ2n) is 6.40. The molecule has 0 aromatic heterocycles. The lowest BCUT2D eigenvalue weighted by atomic mass is 10.1. The Morgan fingerprint density at radius 1 is 1.04 bits per heavy atom. The molecule has 6 heteroatoms. The summed E-state index contributed by atoms with van der Waals surface area (Å²) in [7, 11) is -3.64. The molecule has 1 saturated heterocycles. The van der Waals surface area contributed by atoms with E-state index in [1.165, 1.54) is 18.5 Å². The van der Waals surface area contributed by atoms with Gasteiger partial charge in [-0.15, -0.1) is 0 Å². The van der Waals surface area contributed by atoms with Crippen LogP contribution >= 0.6 is 0 Å². The minimum Gasteiger partial charge on any atom is -0.372 e. The second-order valence-corrected chi connectivity index (χ2v) is 8.06. The van der Waals surface area contributed by atoms with Gasteiger partial charge in [-0.1, -0.05) is 23.8 Å². The molecule has 3 rings (SSSR count). The van der Waals surface area contributed by atoms with Crippen LogP contribution in [-0.2, 0) is 10.0 Å². The summed E-state index contributed by atoms with van der Waals surface area (Å²) in [6, 6.07) is 12.8. The van der Waals surface area contributed by atoms with Crippen LogP contribution in [0.25, 0.3) is 0 Å². The first-order valence-electron chi connectivity index (χ1n) is 8.43. The third-order valence-corrected chi connectivity index (χ3v) is 5.67. The zero-order chi connectivity index (χ0) is 17.9. The van der Waals surface area contributed by atoms with Crippen molar-refractivity contribution in [1.82, 2.24) is 4.83 Å². The van der Waals surface area contributed by atoms with Crippen LogP contribution in [0.5, 0.6) is 0 Å². The molecule has 0 unspecified atom stereocenters. The van der Waals surface area contributed by atoms with Gasteiger partial charge in [0.15, 0.2) is 0 Å². The molecule has 1 aliphatic rings. The van der Waals surface area contributed by atoms with Crippen molar-refractivity contribution in [2.45, 2.75) is 31.6 Å². The number of benzene rings is 2. The molecular weight excluding hydrogens is 334 g/mol. The molecule has 0 atom stereocenters. The SMILES string of the molecule is Cc1ccc(S(=O)(=O)N/N=C/c2ccc(N3CCCC3)cc2C)cc1. The maximum Gasteiger partial charge on any atom is 0.276 e. The predicted molar refractivity (Wildman–Crippen MR) is 102 cm³/mol. The Bertz CT molecular complexity index is 868. The molecule has 2 aromatic rings. The van der Waals surface area contributed by atoms with E-state index in [9.17, 15) is 8.42 Å². The summed E-state index contributed by atoms with van der Waals surface area (Å²) in [5.41, 5.74) is 4.20. The van der Waals surface area contributed by atoms with Crippen molar-refractivity contribution in [1.29, 1.82) is 0 Å². The Morgan fingerprint density at radius 2 is 1.72 bits per heavy atom. The Balaban J connectivity index is 1.70. The van der Waals surface area contributed by atoms with Crippen LogP contribution in [0.3, 0.4) is 0 Å². The highest BCUT2D eigenvalue weighted by Crippen LogP contribution is 2.22. The molecule has 0 spiro atoms. The molecule has 0 amide bonds. The number of nitrogens with one attached hydrogen (secondary N) is 1.